The van der Waals surface area contributed by atoms with E-state index in [1.165, 1.54) is 0 Å². The molecule has 0 spiro atoms. The first kappa shape index (κ1) is 18.4. The first-order valence-electron chi connectivity index (χ1n) is 9.58. The monoisotopic (exact) mass is 380 g/mol. The topological polar surface area (TPSA) is 103 Å². The maximum atomic E-state index is 11.8. The fraction of sp³-hybridized carbons (Fsp3) is 0.400. The summed E-state index contributed by atoms with van der Waals surface area (Å²) in [7, 11) is 0. The fourth-order valence-electron chi connectivity index (χ4n) is 3.57. The van der Waals surface area contributed by atoms with Gasteiger partial charge in [-0.2, -0.15) is 0 Å². The average molecular weight is 380 g/mol. The lowest BCUT2D eigenvalue weighted by atomic mass is 9.98. The van der Waals surface area contributed by atoms with Crippen LogP contribution in [0.4, 0.5) is 16.4 Å². The van der Waals surface area contributed by atoms with Crippen LogP contribution in [0.25, 0.3) is 11.1 Å². The summed E-state index contributed by atoms with van der Waals surface area (Å²) in [5.74, 6) is 1.32. The van der Waals surface area contributed by atoms with Gasteiger partial charge in [0.1, 0.15) is 5.84 Å². The number of hydrogen-bond acceptors (Lipinski definition) is 6. The molecule has 0 radical (unpaired) electrons. The van der Waals surface area contributed by atoms with Crippen molar-refractivity contribution in [2.75, 3.05) is 24.5 Å². The Morgan fingerprint density at radius 3 is 2.75 bits per heavy atom. The van der Waals surface area contributed by atoms with Gasteiger partial charge in [-0.25, -0.2) is 19.8 Å². The van der Waals surface area contributed by atoms with E-state index in [0.717, 1.165) is 35.3 Å². The lowest BCUT2D eigenvalue weighted by molar-refractivity contribution is 0.198. The molecule has 0 aliphatic carbocycles. The lowest BCUT2D eigenvalue weighted by Gasteiger charge is -2.15. The van der Waals surface area contributed by atoms with Crippen molar-refractivity contribution in [2.24, 2.45) is 4.99 Å². The third-order valence-electron chi connectivity index (χ3n) is 5.14. The number of aliphatic hydroxyl groups excluding tert-OH is 1. The Bertz CT molecular complexity index is 911. The second-order valence-electron chi connectivity index (χ2n) is 7.14. The molecule has 0 bridgehead atoms. The number of nitrogens with one attached hydrogen (secondary N) is 2. The van der Waals surface area contributed by atoms with Crippen LogP contribution in [0.3, 0.4) is 0 Å². The van der Waals surface area contributed by atoms with E-state index in [4.69, 9.17) is 0 Å². The van der Waals surface area contributed by atoms with E-state index in [1.54, 1.807) is 12.4 Å². The van der Waals surface area contributed by atoms with Crippen molar-refractivity contribution in [3.8, 4) is 11.1 Å². The Kier molecular flexibility index (Phi) is 4.95. The highest BCUT2D eigenvalue weighted by Crippen LogP contribution is 2.37. The number of hydrogen-bond donors (Lipinski definition) is 3. The number of aliphatic hydroxyl groups is 1. The van der Waals surface area contributed by atoms with Gasteiger partial charge in [-0.1, -0.05) is 19.1 Å². The molecular weight excluding hydrogens is 356 g/mol. The predicted octanol–water partition coefficient (Wildman–Crippen LogP) is 2.18. The summed E-state index contributed by atoms with van der Waals surface area (Å²) in [6, 6.07) is 5.82. The third-order valence-corrected chi connectivity index (χ3v) is 5.14. The quantitative estimate of drug-likeness (QED) is 0.757. The van der Waals surface area contributed by atoms with Gasteiger partial charge in [0, 0.05) is 43.5 Å². The van der Waals surface area contributed by atoms with E-state index < -0.39 is 0 Å². The number of aliphatic imine (C=N–C) groups is 1. The van der Waals surface area contributed by atoms with Gasteiger partial charge in [0.25, 0.3) is 0 Å². The highest BCUT2D eigenvalue weighted by Gasteiger charge is 2.25. The van der Waals surface area contributed by atoms with Gasteiger partial charge < -0.3 is 15.3 Å². The molecule has 28 heavy (non-hydrogen) atoms. The molecule has 1 fully saturated rings. The number of urea groups is 1. The molecule has 3 heterocycles. The van der Waals surface area contributed by atoms with E-state index in [9.17, 15) is 9.90 Å². The molecule has 1 aromatic carbocycles. The molecule has 3 N–H and O–H groups in total. The summed E-state index contributed by atoms with van der Waals surface area (Å²) in [4.78, 5) is 27.3. The van der Waals surface area contributed by atoms with Crippen LogP contribution >= 0.6 is 0 Å². The van der Waals surface area contributed by atoms with Crippen LogP contribution in [0, 0.1) is 0 Å². The van der Waals surface area contributed by atoms with Gasteiger partial charge in [-0.15, -0.1) is 0 Å². The number of β-amino-alcohol motifs (C(OH)–C–C–N with tert-alkyl or cyclic N) is 1. The highest BCUT2D eigenvalue weighted by atomic mass is 16.3. The average Bonchev–Trinajstić information content (AvgIpc) is 3.25. The fourth-order valence-corrected chi connectivity index (χ4v) is 3.57. The van der Waals surface area contributed by atoms with Crippen LogP contribution in [-0.2, 0) is 0 Å². The van der Waals surface area contributed by atoms with Crippen LogP contribution in [0.5, 0.6) is 0 Å². The number of carbonyl (C=O) groups is 1. The molecule has 1 aromatic heterocycles. The molecule has 1 saturated heterocycles. The van der Waals surface area contributed by atoms with Crippen LogP contribution in [0.2, 0.25) is 0 Å². The van der Waals surface area contributed by atoms with Crippen LogP contribution in [0.15, 0.2) is 35.6 Å². The number of fused-ring (bicyclic) bond motifs is 1. The predicted molar refractivity (Wildman–Crippen MR) is 108 cm³/mol. The van der Waals surface area contributed by atoms with Crippen molar-refractivity contribution in [3.63, 3.8) is 0 Å². The smallest absolute Gasteiger partial charge is 0.320 e. The zero-order chi connectivity index (χ0) is 19.7. The van der Waals surface area contributed by atoms with Crippen molar-refractivity contribution in [1.82, 2.24) is 20.6 Å². The molecule has 1 unspecified atom stereocenters. The van der Waals surface area contributed by atoms with E-state index in [2.05, 4.69) is 25.6 Å². The molecule has 4 rings (SSSR count). The minimum Gasteiger partial charge on any atom is -0.391 e. The van der Waals surface area contributed by atoms with Gasteiger partial charge in [-0.3, -0.25) is 5.32 Å². The number of anilines is 1. The maximum Gasteiger partial charge on any atom is 0.320 e. The van der Waals surface area contributed by atoms with Gasteiger partial charge in [0.2, 0.25) is 5.95 Å². The SMILES string of the molecule is CCNC(=O)NC1=Nc2cc(-c3cnc(N4CCC(O)C4)nc3)ccc2[C@H]1C. The molecule has 146 valence electrons. The van der Waals surface area contributed by atoms with Crippen LogP contribution in [-0.4, -0.2) is 52.7 Å². The Morgan fingerprint density at radius 2 is 2.07 bits per heavy atom. The van der Waals surface area contributed by atoms with Crippen molar-refractivity contribution < 1.29 is 9.90 Å². The normalized spacial score (nSPS) is 20.7. The van der Waals surface area contributed by atoms with Crippen molar-refractivity contribution in [2.45, 2.75) is 32.3 Å². The molecule has 8 heteroatoms. The summed E-state index contributed by atoms with van der Waals surface area (Å²) in [6.07, 6.45) is 4.04. The summed E-state index contributed by atoms with van der Waals surface area (Å²) in [6.45, 7) is 5.81. The molecule has 0 saturated carbocycles. The third kappa shape index (κ3) is 3.55. The van der Waals surface area contributed by atoms with Gasteiger partial charge >= 0.3 is 6.03 Å². The lowest BCUT2D eigenvalue weighted by Crippen LogP contribution is -2.40. The molecule has 2 atom stereocenters. The molecular formula is C20H24N6O2. The zero-order valence-corrected chi connectivity index (χ0v) is 16.0. The number of benzene rings is 1. The summed E-state index contributed by atoms with van der Waals surface area (Å²) < 4.78 is 0. The largest absolute Gasteiger partial charge is 0.391 e. The molecule has 2 amide bonds. The number of amidine groups is 1. The molecule has 2 aromatic rings. The standard InChI is InChI=1S/C20H24N6O2/c1-3-21-20(28)25-18-12(2)16-5-4-13(8-17(16)24-18)14-9-22-19(23-10-14)26-7-6-15(27)11-26/h4-5,8-10,12,15,27H,3,6-7,11H2,1-2H3,(H2,21,24,25,28)/t12-,15?/m1/s1. The van der Waals surface area contributed by atoms with Crippen LogP contribution < -0.4 is 15.5 Å². The van der Waals surface area contributed by atoms with E-state index in [0.29, 0.717) is 24.9 Å². The zero-order valence-electron chi connectivity index (χ0n) is 16.0. The van der Waals surface area contributed by atoms with E-state index >= 15 is 0 Å². The Morgan fingerprint density at radius 1 is 1.29 bits per heavy atom. The second kappa shape index (κ2) is 7.55. The van der Waals surface area contributed by atoms with Crippen molar-refractivity contribution in [3.05, 3.63) is 36.2 Å². The molecule has 8 nitrogen and oxygen atoms in total. The number of nitrogens with zero attached hydrogens (tertiary/aromatic N) is 4. The number of carbonyl (C=O) groups excluding carboxylic acids is 1. The van der Waals surface area contributed by atoms with E-state index in [-0.39, 0.29) is 18.1 Å². The van der Waals surface area contributed by atoms with Crippen LogP contribution in [0.1, 0.15) is 31.7 Å². The van der Waals surface area contributed by atoms with Gasteiger partial charge in [-0.05, 0) is 30.5 Å². The van der Waals surface area contributed by atoms with Gasteiger partial charge in [0.15, 0.2) is 0 Å². The second-order valence-corrected chi connectivity index (χ2v) is 7.14. The molecule has 2 aliphatic heterocycles. The van der Waals surface area contributed by atoms with Crippen molar-refractivity contribution >= 4 is 23.5 Å². The molecule has 2 aliphatic rings. The summed E-state index contributed by atoms with van der Waals surface area (Å²) in [5, 5.41) is 15.2. The Hall–Kier alpha value is -3.00. The number of rotatable bonds is 3. The number of aromatic nitrogens is 2. The van der Waals surface area contributed by atoms with Crippen molar-refractivity contribution in [1.29, 1.82) is 0 Å². The Labute approximate surface area is 163 Å². The minimum atomic E-state index is -0.304. The summed E-state index contributed by atoms with van der Waals surface area (Å²) >= 11 is 0. The first-order chi connectivity index (χ1) is 13.5. The van der Waals surface area contributed by atoms with E-state index in [1.807, 2.05) is 36.9 Å². The summed E-state index contributed by atoms with van der Waals surface area (Å²) in [5.41, 5.74) is 3.81. The van der Waals surface area contributed by atoms with Gasteiger partial charge in [0.05, 0.1) is 11.8 Å². The number of amides is 2. The minimum absolute atomic E-state index is 0.0341. The Balaban J connectivity index is 1.53. The first-order valence-corrected chi connectivity index (χ1v) is 9.58. The maximum absolute atomic E-state index is 11.8. The highest BCUT2D eigenvalue weighted by molar-refractivity contribution is 6.05.